The number of benzene rings is 1. The van der Waals surface area contributed by atoms with Gasteiger partial charge in [0, 0.05) is 0 Å². The van der Waals surface area contributed by atoms with Crippen LogP contribution in [0.2, 0.25) is 0 Å². The number of phenols is 1. The lowest BCUT2D eigenvalue weighted by Crippen LogP contribution is -2.52. The zero-order chi connectivity index (χ0) is 14.5. The number of phenolic OH excluding ortho intramolecular Hbond substituents is 1. The third-order valence-electron chi connectivity index (χ3n) is 5.83. The highest BCUT2D eigenvalue weighted by Gasteiger charge is 2.55. The van der Waals surface area contributed by atoms with Crippen LogP contribution in [0.3, 0.4) is 0 Å². The second-order valence-corrected chi connectivity index (χ2v) is 6.93. The second-order valence-electron chi connectivity index (χ2n) is 6.93. The standard InChI is InChI=1S/C17H22O3/c1-16-8-3-9-17(2,15(19)20)14(16)7-5-11-4-6-12(18)10-13(11)16/h4,6,10,14,18H,3,5,7-9H2,1-2H3,(H,19,20)/t14?,16-,17+/m1/s1. The maximum atomic E-state index is 11.8. The lowest BCUT2D eigenvalue weighted by molar-refractivity contribution is -0.157. The van der Waals surface area contributed by atoms with Crippen molar-refractivity contribution in [2.24, 2.45) is 11.3 Å². The number of carbonyl (C=O) groups is 1. The molecule has 3 nitrogen and oxygen atoms in total. The Kier molecular flexibility index (Phi) is 2.86. The third-order valence-corrected chi connectivity index (χ3v) is 5.83. The van der Waals surface area contributed by atoms with Gasteiger partial charge in [-0.3, -0.25) is 4.79 Å². The molecule has 1 fully saturated rings. The molecule has 3 rings (SSSR count). The molecular formula is C17H22O3. The van der Waals surface area contributed by atoms with Crippen LogP contribution in [0.25, 0.3) is 0 Å². The molecular weight excluding hydrogens is 252 g/mol. The average molecular weight is 274 g/mol. The predicted octanol–water partition coefficient (Wildman–Crippen LogP) is 3.49. The van der Waals surface area contributed by atoms with Gasteiger partial charge in [-0.2, -0.15) is 0 Å². The molecule has 1 saturated carbocycles. The first kappa shape index (κ1) is 13.5. The smallest absolute Gasteiger partial charge is 0.309 e. The van der Waals surface area contributed by atoms with Gasteiger partial charge in [-0.25, -0.2) is 0 Å². The number of fused-ring (bicyclic) bond motifs is 3. The van der Waals surface area contributed by atoms with Crippen molar-refractivity contribution in [3.8, 4) is 5.75 Å². The summed E-state index contributed by atoms with van der Waals surface area (Å²) in [5, 5.41) is 19.5. The lowest BCUT2D eigenvalue weighted by Gasteiger charge is -2.53. The van der Waals surface area contributed by atoms with Crippen LogP contribution < -0.4 is 0 Å². The van der Waals surface area contributed by atoms with Crippen LogP contribution in [0, 0.1) is 11.3 Å². The van der Waals surface area contributed by atoms with Crippen LogP contribution in [0.5, 0.6) is 5.75 Å². The first-order valence-corrected chi connectivity index (χ1v) is 7.44. The summed E-state index contributed by atoms with van der Waals surface area (Å²) in [6.45, 7) is 4.10. The summed E-state index contributed by atoms with van der Waals surface area (Å²) in [5.74, 6) is -0.235. The van der Waals surface area contributed by atoms with E-state index in [9.17, 15) is 15.0 Å². The average Bonchev–Trinajstić information content (AvgIpc) is 2.39. The summed E-state index contributed by atoms with van der Waals surface area (Å²) in [4.78, 5) is 11.8. The Bertz CT molecular complexity index is 565. The zero-order valence-corrected chi connectivity index (χ0v) is 12.1. The topological polar surface area (TPSA) is 57.5 Å². The van der Waals surface area contributed by atoms with Crippen molar-refractivity contribution < 1.29 is 15.0 Å². The summed E-state index contributed by atoms with van der Waals surface area (Å²) in [6, 6.07) is 5.59. The number of aliphatic carboxylic acids is 1. The minimum Gasteiger partial charge on any atom is -0.508 e. The van der Waals surface area contributed by atoms with E-state index in [0.717, 1.165) is 32.1 Å². The summed E-state index contributed by atoms with van der Waals surface area (Å²) in [5.41, 5.74) is 1.67. The monoisotopic (exact) mass is 274 g/mol. The normalized spacial score (nSPS) is 36.0. The van der Waals surface area contributed by atoms with Gasteiger partial charge in [0.2, 0.25) is 0 Å². The maximum Gasteiger partial charge on any atom is 0.309 e. The van der Waals surface area contributed by atoms with Crippen LogP contribution in [0.1, 0.15) is 50.7 Å². The van der Waals surface area contributed by atoms with Crippen LogP contribution in [-0.2, 0) is 16.6 Å². The minimum absolute atomic E-state index is 0.127. The molecule has 0 amide bonds. The van der Waals surface area contributed by atoms with E-state index >= 15 is 0 Å². The van der Waals surface area contributed by atoms with Crippen molar-refractivity contribution in [3.63, 3.8) is 0 Å². The minimum atomic E-state index is -0.669. The van der Waals surface area contributed by atoms with Crippen LogP contribution in [0.15, 0.2) is 18.2 Å². The Balaban J connectivity index is 2.13. The van der Waals surface area contributed by atoms with E-state index in [1.54, 1.807) is 6.07 Å². The SMILES string of the molecule is C[C@]1(C(=O)O)CCC[C@]2(C)c3cc(O)ccc3CCC12. The molecule has 1 unspecified atom stereocenters. The summed E-state index contributed by atoms with van der Waals surface area (Å²) < 4.78 is 0. The number of carboxylic acid groups (broad SMARTS) is 1. The van der Waals surface area contributed by atoms with Gasteiger partial charge in [-0.05, 0) is 67.2 Å². The van der Waals surface area contributed by atoms with Crippen LogP contribution in [-0.4, -0.2) is 16.2 Å². The van der Waals surface area contributed by atoms with Gasteiger partial charge in [0.15, 0.2) is 0 Å². The second kappa shape index (κ2) is 4.24. The largest absolute Gasteiger partial charge is 0.508 e. The van der Waals surface area contributed by atoms with E-state index in [1.807, 2.05) is 19.1 Å². The molecule has 0 radical (unpaired) electrons. The fourth-order valence-electron chi connectivity index (χ4n) is 4.70. The van der Waals surface area contributed by atoms with Gasteiger partial charge in [0.25, 0.3) is 0 Å². The summed E-state index contributed by atoms with van der Waals surface area (Å²) in [7, 11) is 0. The molecule has 0 bridgehead atoms. The molecule has 3 atom stereocenters. The fraction of sp³-hybridized carbons (Fsp3) is 0.588. The summed E-state index contributed by atoms with van der Waals surface area (Å²) in [6.07, 6.45) is 4.55. The molecule has 1 aromatic carbocycles. The Morgan fingerprint density at radius 2 is 2.05 bits per heavy atom. The Labute approximate surface area is 119 Å². The number of hydrogen-bond donors (Lipinski definition) is 2. The molecule has 20 heavy (non-hydrogen) atoms. The molecule has 2 N–H and O–H groups in total. The highest BCUT2D eigenvalue weighted by atomic mass is 16.4. The van der Waals surface area contributed by atoms with Gasteiger partial charge in [0.05, 0.1) is 5.41 Å². The summed E-state index contributed by atoms with van der Waals surface area (Å²) >= 11 is 0. The van der Waals surface area contributed by atoms with E-state index < -0.39 is 11.4 Å². The first-order valence-electron chi connectivity index (χ1n) is 7.44. The molecule has 0 spiro atoms. The van der Waals surface area contributed by atoms with E-state index in [-0.39, 0.29) is 17.1 Å². The number of carboxylic acids is 1. The zero-order valence-electron chi connectivity index (χ0n) is 12.1. The van der Waals surface area contributed by atoms with E-state index in [1.165, 1.54) is 11.1 Å². The van der Waals surface area contributed by atoms with E-state index in [4.69, 9.17) is 0 Å². The van der Waals surface area contributed by atoms with Crippen molar-refractivity contribution in [3.05, 3.63) is 29.3 Å². The number of aryl methyl sites for hydroxylation is 1. The van der Waals surface area contributed by atoms with Gasteiger partial charge >= 0.3 is 5.97 Å². The van der Waals surface area contributed by atoms with Gasteiger partial charge in [-0.15, -0.1) is 0 Å². The molecule has 0 heterocycles. The molecule has 0 aromatic heterocycles. The van der Waals surface area contributed by atoms with Crippen LogP contribution in [0.4, 0.5) is 0 Å². The lowest BCUT2D eigenvalue weighted by atomic mass is 9.50. The van der Waals surface area contributed by atoms with E-state index in [2.05, 4.69) is 6.92 Å². The van der Waals surface area contributed by atoms with Crippen molar-refractivity contribution in [1.82, 2.24) is 0 Å². The number of rotatable bonds is 1. The molecule has 0 aliphatic heterocycles. The molecule has 2 aliphatic carbocycles. The third kappa shape index (κ3) is 1.68. The fourth-order valence-corrected chi connectivity index (χ4v) is 4.70. The molecule has 2 aliphatic rings. The van der Waals surface area contributed by atoms with Crippen molar-refractivity contribution in [1.29, 1.82) is 0 Å². The van der Waals surface area contributed by atoms with E-state index in [0.29, 0.717) is 0 Å². The molecule has 108 valence electrons. The van der Waals surface area contributed by atoms with Gasteiger partial charge < -0.3 is 10.2 Å². The van der Waals surface area contributed by atoms with Crippen molar-refractivity contribution in [2.75, 3.05) is 0 Å². The predicted molar refractivity (Wildman–Crippen MR) is 76.9 cm³/mol. The Hall–Kier alpha value is -1.51. The van der Waals surface area contributed by atoms with Crippen molar-refractivity contribution in [2.45, 2.75) is 51.4 Å². The molecule has 3 heteroatoms. The quantitative estimate of drug-likeness (QED) is 0.824. The molecule has 1 aromatic rings. The van der Waals surface area contributed by atoms with Crippen molar-refractivity contribution >= 4 is 5.97 Å². The molecule has 0 saturated heterocycles. The Morgan fingerprint density at radius 3 is 2.75 bits per heavy atom. The highest BCUT2D eigenvalue weighted by Crippen LogP contribution is 2.57. The van der Waals surface area contributed by atoms with Gasteiger partial charge in [-0.1, -0.05) is 19.4 Å². The van der Waals surface area contributed by atoms with Gasteiger partial charge in [0.1, 0.15) is 5.75 Å². The first-order chi connectivity index (χ1) is 9.38. The highest BCUT2D eigenvalue weighted by molar-refractivity contribution is 5.75. The maximum absolute atomic E-state index is 11.8. The Morgan fingerprint density at radius 1 is 1.30 bits per heavy atom. The number of hydrogen-bond acceptors (Lipinski definition) is 2. The van der Waals surface area contributed by atoms with Crippen LogP contribution >= 0.6 is 0 Å². The number of aromatic hydroxyl groups is 1.